The van der Waals surface area contributed by atoms with Crippen LogP contribution >= 0.6 is 0 Å². The minimum Gasteiger partial charge on any atom is -0.247 e. The second kappa shape index (κ2) is 2.52. The molecule has 2 atom stereocenters. The highest BCUT2D eigenvalue weighted by Crippen LogP contribution is 2.38. The molecule has 0 aliphatic heterocycles. The van der Waals surface area contributed by atoms with Crippen molar-refractivity contribution in [3.8, 4) is 0 Å². The summed E-state index contributed by atoms with van der Waals surface area (Å²) in [6.45, 7) is 6.54. The molecule has 1 aliphatic carbocycles. The Morgan fingerprint density at radius 1 is 1.30 bits per heavy atom. The molecule has 2 unspecified atom stereocenters. The predicted octanol–water partition coefficient (Wildman–Crippen LogP) is 3.17. The smallest absolute Gasteiger partial charge is 0.103 e. The van der Waals surface area contributed by atoms with E-state index >= 15 is 0 Å². The Labute approximate surface area is 62.8 Å². The highest BCUT2D eigenvalue weighted by Gasteiger charge is 2.33. The minimum atomic E-state index is -0.487. The van der Waals surface area contributed by atoms with Crippen LogP contribution in [0.15, 0.2) is 0 Å². The third-order valence-corrected chi connectivity index (χ3v) is 2.20. The van der Waals surface area contributed by atoms with Crippen LogP contribution in [0.4, 0.5) is 4.39 Å². The molecule has 0 saturated heterocycles. The number of rotatable bonds is 1. The molecule has 0 bridgehead atoms. The second-order valence-corrected chi connectivity index (χ2v) is 4.62. The lowest BCUT2D eigenvalue weighted by Crippen LogP contribution is -2.30. The Bertz CT molecular complexity index is 112. The van der Waals surface area contributed by atoms with Crippen LogP contribution in [0.5, 0.6) is 0 Å². The van der Waals surface area contributed by atoms with E-state index in [4.69, 9.17) is 0 Å². The first-order chi connectivity index (χ1) is 4.49. The topological polar surface area (TPSA) is 0 Å². The van der Waals surface area contributed by atoms with E-state index in [1.807, 2.05) is 0 Å². The maximum absolute atomic E-state index is 12.7. The van der Waals surface area contributed by atoms with Gasteiger partial charge in [-0.2, -0.15) is 0 Å². The van der Waals surface area contributed by atoms with Crippen LogP contribution in [-0.2, 0) is 0 Å². The molecule has 0 aromatic carbocycles. The van der Waals surface area contributed by atoms with Crippen molar-refractivity contribution < 1.29 is 4.39 Å². The summed E-state index contributed by atoms with van der Waals surface area (Å²) in [6.07, 6.45) is 2.48. The summed E-state index contributed by atoms with van der Waals surface area (Å²) < 4.78 is 12.7. The van der Waals surface area contributed by atoms with Crippen molar-refractivity contribution in [3.05, 3.63) is 0 Å². The first kappa shape index (κ1) is 8.03. The number of hydrogen-bond donors (Lipinski definition) is 0. The van der Waals surface area contributed by atoms with Crippen LogP contribution in [0, 0.1) is 11.3 Å². The van der Waals surface area contributed by atoms with Crippen molar-refractivity contribution in [2.75, 3.05) is 0 Å². The second-order valence-electron chi connectivity index (χ2n) is 4.62. The van der Waals surface area contributed by atoms with Gasteiger partial charge in [-0.15, -0.1) is 0 Å². The summed E-state index contributed by atoms with van der Waals surface area (Å²) >= 11 is 0. The molecule has 0 amide bonds. The van der Waals surface area contributed by atoms with E-state index in [2.05, 4.69) is 20.8 Å². The van der Waals surface area contributed by atoms with Gasteiger partial charge in [-0.1, -0.05) is 20.8 Å². The monoisotopic (exact) mass is 144 g/mol. The van der Waals surface area contributed by atoms with Gasteiger partial charge in [-0.25, -0.2) is 4.39 Å². The fourth-order valence-corrected chi connectivity index (χ4v) is 1.54. The molecular weight excluding hydrogens is 127 g/mol. The molecule has 10 heavy (non-hydrogen) atoms. The molecule has 0 nitrogen and oxygen atoms in total. The SMILES string of the molecule is CC(C)(C)CC1CCC1F. The molecule has 60 valence electrons. The Kier molecular flexibility index (Phi) is 2.02. The third-order valence-electron chi connectivity index (χ3n) is 2.20. The molecule has 0 aromatic rings. The fraction of sp³-hybridized carbons (Fsp3) is 1.00. The average Bonchev–Trinajstić information content (AvgIpc) is 1.78. The lowest BCUT2D eigenvalue weighted by Gasteiger charge is -2.35. The quantitative estimate of drug-likeness (QED) is 0.530. The molecule has 0 radical (unpaired) electrons. The van der Waals surface area contributed by atoms with Gasteiger partial charge in [0.1, 0.15) is 6.17 Å². The predicted molar refractivity (Wildman–Crippen MR) is 41.7 cm³/mol. The van der Waals surface area contributed by atoms with E-state index in [1.165, 1.54) is 0 Å². The maximum Gasteiger partial charge on any atom is 0.103 e. The lowest BCUT2D eigenvalue weighted by atomic mass is 9.73. The summed E-state index contributed by atoms with van der Waals surface area (Å²) in [6, 6.07) is 0. The minimum absolute atomic E-state index is 0.315. The molecule has 0 N–H and O–H groups in total. The Balaban J connectivity index is 2.26. The van der Waals surface area contributed by atoms with Crippen LogP contribution in [0.25, 0.3) is 0 Å². The summed E-state index contributed by atoms with van der Waals surface area (Å²) in [4.78, 5) is 0. The first-order valence-electron chi connectivity index (χ1n) is 4.13. The van der Waals surface area contributed by atoms with E-state index < -0.39 is 6.17 Å². The van der Waals surface area contributed by atoms with Gasteiger partial charge in [0.2, 0.25) is 0 Å². The van der Waals surface area contributed by atoms with Crippen LogP contribution in [0.3, 0.4) is 0 Å². The highest BCUT2D eigenvalue weighted by molar-refractivity contribution is 4.83. The summed E-state index contributed by atoms with van der Waals surface area (Å²) in [5, 5.41) is 0. The van der Waals surface area contributed by atoms with Crippen molar-refractivity contribution in [2.24, 2.45) is 11.3 Å². The molecule has 1 heteroatoms. The van der Waals surface area contributed by atoms with E-state index in [0.29, 0.717) is 11.3 Å². The van der Waals surface area contributed by atoms with Crippen molar-refractivity contribution in [1.29, 1.82) is 0 Å². The molecule has 0 spiro atoms. The molecule has 1 aliphatic rings. The zero-order chi connectivity index (χ0) is 7.78. The van der Waals surface area contributed by atoms with Gasteiger partial charge in [-0.05, 0) is 30.6 Å². The van der Waals surface area contributed by atoms with E-state index in [-0.39, 0.29) is 0 Å². The Morgan fingerprint density at radius 3 is 2.00 bits per heavy atom. The first-order valence-corrected chi connectivity index (χ1v) is 4.13. The molecular formula is C9H17F. The van der Waals surface area contributed by atoms with Gasteiger partial charge < -0.3 is 0 Å². The van der Waals surface area contributed by atoms with Gasteiger partial charge in [0, 0.05) is 0 Å². The van der Waals surface area contributed by atoms with Crippen LogP contribution in [0.1, 0.15) is 40.0 Å². The van der Waals surface area contributed by atoms with Gasteiger partial charge in [0.05, 0.1) is 0 Å². The molecule has 1 saturated carbocycles. The largest absolute Gasteiger partial charge is 0.247 e. The lowest BCUT2D eigenvalue weighted by molar-refractivity contribution is 0.0751. The molecule has 0 heterocycles. The Morgan fingerprint density at radius 2 is 1.90 bits per heavy atom. The standard InChI is InChI=1S/C9H17F/c1-9(2,3)6-7-4-5-8(7)10/h7-8H,4-6H2,1-3H3. The molecule has 1 rings (SSSR count). The number of alkyl halides is 1. The summed E-state index contributed by atoms with van der Waals surface area (Å²) in [5.41, 5.74) is 0.315. The van der Waals surface area contributed by atoms with Crippen molar-refractivity contribution in [1.82, 2.24) is 0 Å². The van der Waals surface area contributed by atoms with Crippen LogP contribution in [-0.4, -0.2) is 6.17 Å². The van der Waals surface area contributed by atoms with Crippen LogP contribution in [0.2, 0.25) is 0 Å². The zero-order valence-corrected chi connectivity index (χ0v) is 7.15. The molecule has 1 fully saturated rings. The van der Waals surface area contributed by atoms with Crippen molar-refractivity contribution >= 4 is 0 Å². The average molecular weight is 144 g/mol. The van der Waals surface area contributed by atoms with Gasteiger partial charge in [0.15, 0.2) is 0 Å². The molecule has 0 aromatic heterocycles. The highest BCUT2D eigenvalue weighted by atomic mass is 19.1. The van der Waals surface area contributed by atoms with Crippen molar-refractivity contribution in [2.45, 2.75) is 46.2 Å². The van der Waals surface area contributed by atoms with E-state index in [9.17, 15) is 4.39 Å². The number of hydrogen-bond acceptors (Lipinski definition) is 0. The van der Waals surface area contributed by atoms with Gasteiger partial charge in [-0.3, -0.25) is 0 Å². The van der Waals surface area contributed by atoms with E-state index in [0.717, 1.165) is 19.3 Å². The maximum atomic E-state index is 12.7. The number of halogens is 1. The van der Waals surface area contributed by atoms with Crippen LogP contribution < -0.4 is 0 Å². The zero-order valence-electron chi connectivity index (χ0n) is 7.15. The van der Waals surface area contributed by atoms with E-state index in [1.54, 1.807) is 0 Å². The fourth-order valence-electron chi connectivity index (χ4n) is 1.54. The van der Waals surface area contributed by atoms with Gasteiger partial charge in [0.25, 0.3) is 0 Å². The Hall–Kier alpha value is -0.0700. The summed E-state index contributed by atoms with van der Waals surface area (Å²) in [7, 11) is 0. The van der Waals surface area contributed by atoms with Gasteiger partial charge >= 0.3 is 0 Å². The summed E-state index contributed by atoms with van der Waals surface area (Å²) in [5.74, 6) is 0.375. The van der Waals surface area contributed by atoms with Crippen molar-refractivity contribution in [3.63, 3.8) is 0 Å². The normalized spacial score (nSPS) is 33.6. The third kappa shape index (κ3) is 1.96.